The first-order valence-electron chi connectivity index (χ1n) is 10.2. The summed E-state index contributed by atoms with van der Waals surface area (Å²) < 4.78 is 10.5. The zero-order valence-electron chi connectivity index (χ0n) is 18.7. The maximum atomic E-state index is 11.8. The molecule has 3 rings (SSSR count). The lowest BCUT2D eigenvalue weighted by Gasteiger charge is -2.43. The Kier molecular flexibility index (Phi) is 6.30. The third-order valence-corrected chi connectivity index (χ3v) is 5.40. The van der Waals surface area contributed by atoms with Gasteiger partial charge in [-0.25, -0.2) is 4.79 Å². The van der Waals surface area contributed by atoms with Crippen LogP contribution in [0.25, 0.3) is 5.57 Å². The lowest BCUT2D eigenvalue weighted by atomic mass is 9.87. The van der Waals surface area contributed by atoms with Crippen LogP contribution < -0.4 is 9.64 Å². The van der Waals surface area contributed by atoms with Crippen LogP contribution in [0.3, 0.4) is 0 Å². The van der Waals surface area contributed by atoms with Gasteiger partial charge in [0.15, 0.2) is 0 Å². The molecule has 0 atom stereocenters. The number of carbonyl (C=O) groups excluding carboxylic acids is 1. The normalized spacial score (nSPS) is 15.0. The van der Waals surface area contributed by atoms with E-state index in [2.05, 4.69) is 55.8 Å². The summed E-state index contributed by atoms with van der Waals surface area (Å²) >= 11 is 0. The topological polar surface area (TPSA) is 51.1 Å². The van der Waals surface area contributed by atoms with Crippen LogP contribution in [-0.2, 0) is 4.74 Å². The fraction of sp³-hybridized carbons (Fsp3) is 0.360. The monoisotopic (exact) mass is 406 g/mol. The van der Waals surface area contributed by atoms with Crippen LogP contribution in [-0.4, -0.2) is 38.5 Å². The minimum atomic E-state index is -0.377. The predicted octanol–water partition coefficient (Wildman–Crippen LogP) is 5.64. The standard InChI is InChI=1S/C25H30N2O3/c1-7-11-27-22-14-23(29-5)19(13-21(22)17(2)15-25(27,3)4)16-26-20-10-8-9-18(12-20)24(28)30-6/h8-10,12-16H,7,11H2,1-6H3. The number of rotatable bonds is 6. The number of methoxy groups -OCH3 is 2. The molecule has 0 radical (unpaired) electrons. The van der Waals surface area contributed by atoms with Crippen molar-refractivity contribution in [1.29, 1.82) is 0 Å². The average molecular weight is 407 g/mol. The number of aliphatic imine (C=N–C) groups is 1. The van der Waals surface area contributed by atoms with Crippen molar-refractivity contribution >= 4 is 29.1 Å². The Labute approximate surface area is 179 Å². The summed E-state index contributed by atoms with van der Waals surface area (Å²) in [7, 11) is 3.05. The van der Waals surface area contributed by atoms with Gasteiger partial charge in [-0.05, 0) is 57.0 Å². The predicted molar refractivity (Wildman–Crippen MR) is 123 cm³/mol. The maximum absolute atomic E-state index is 11.8. The molecule has 0 spiro atoms. The van der Waals surface area contributed by atoms with E-state index in [1.54, 1.807) is 31.5 Å². The highest BCUT2D eigenvalue weighted by atomic mass is 16.5. The van der Waals surface area contributed by atoms with Crippen molar-refractivity contribution in [1.82, 2.24) is 0 Å². The average Bonchev–Trinajstić information content (AvgIpc) is 2.73. The summed E-state index contributed by atoms with van der Waals surface area (Å²) in [5.41, 5.74) is 5.61. The van der Waals surface area contributed by atoms with Gasteiger partial charge in [0, 0.05) is 35.6 Å². The first-order chi connectivity index (χ1) is 14.3. The number of anilines is 1. The lowest BCUT2D eigenvalue weighted by molar-refractivity contribution is 0.0601. The summed E-state index contributed by atoms with van der Waals surface area (Å²) in [5.74, 6) is 0.394. The zero-order chi connectivity index (χ0) is 21.9. The van der Waals surface area contributed by atoms with E-state index < -0.39 is 0 Å². The Balaban J connectivity index is 2.03. The summed E-state index contributed by atoms with van der Waals surface area (Å²) in [6, 6.07) is 11.3. The van der Waals surface area contributed by atoms with E-state index in [0.717, 1.165) is 24.3 Å². The molecule has 1 aliphatic rings. The molecule has 2 aromatic carbocycles. The second-order valence-electron chi connectivity index (χ2n) is 8.04. The van der Waals surface area contributed by atoms with Crippen LogP contribution in [0.4, 0.5) is 11.4 Å². The Morgan fingerprint density at radius 2 is 1.97 bits per heavy atom. The molecule has 0 unspecified atom stereocenters. The molecule has 0 saturated heterocycles. The van der Waals surface area contributed by atoms with Crippen LogP contribution in [0, 0.1) is 0 Å². The SMILES string of the molecule is CCCN1c2cc(OC)c(C=Nc3cccc(C(=O)OC)c3)cc2C(C)=CC1(C)C. The third kappa shape index (κ3) is 4.25. The Morgan fingerprint density at radius 1 is 1.20 bits per heavy atom. The van der Waals surface area contributed by atoms with Gasteiger partial charge in [0.1, 0.15) is 5.75 Å². The lowest BCUT2D eigenvalue weighted by Crippen LogP contribution is -2.45. The zero-order valence-corrected chi connectivity index (χ0v) is 18.7. The Morgan fingerprint density at radius 3 is 2.63 bits per heavy atom. The Bertz CT molecular complexity index is 1010. The van der Waals surface area contributed by atoms with Crippen molar-refractivity contribution in [3.05, 3.63) is 59.2 Å². The second kappa shape index (κ2) is 8.74. The van der Waals surface area contributed by atoms with Crippen LogP contribution in [0.2, 0.25) is 0 Å². The van der Waals surface area contributed by atoms with Crippen LogP contribution >= 0.6 is 0 Å². The van der Waals surface area contributed by atoms with E-state index in [4.69, 9.17) is 9.47 Å². The van der Waals surface area contributed by atoms with E-state index >= 15 is 0 Å². The van der Waals surface area contributed by atoms with E-state index in [0.29, 0.717) is 11.3 Å². The minimum absolute atomic E-state index is 0.0535. The van der Waals surface area contributed by atoms with E-state index in [-0.39, 0.29) is 11.5 Å². The van der Waals surface area contributed by atoms with Crippen molar-refractivity contribution < 1.29 is 14.3 Å². The number of carbonyl (C=O) groups is 1. The number of benzene rings is 2. The maximum Gasteiger partial charge on any atom is 0.337 e. The molecule has 30 heavy (non-hydrogen) atoms. The van der Waals surface area contributed by atoms with Crippen molar-refractivity contribution in [2.45, 2.75) is 39.7 Å². The largest absolute Gasteiger partial charge is 0.496 e. The molecule has 0 N–H and O–H groups in total. The first-order valence-corrected chi connectivity index (χ1v) is 10.2. The van der Waals surface area contributed by atoms with Gasteiger partial charge in [-0.2, -0.15) is 0 Å². The smallest absolute Gasteiger partial charge is 0.337 e. The summed E-state index contributed by atoms with van der Waals surface area (Å²) in [6.07, 6.45) is 5.17. The third-order valence-electron chi connectivity index (χ3n) is 5.40. The van der Waals surface area contributed by atoms with E-state index in [1.165, 1.54) is 23.9 Å². The highest BCUT2D eigenvalue weighted by Gasteiger charge is 2.31. The van der Waals surface area contributed by atoms with Gasteiger partial charge in [-0.15, -0.1) is 0 Å². The molecule has 0 amide bonds. The minimum Gasteiger partial charge on any atom is -0.496 e. The molecule has 5 heteroatoms. The molecule has 0 aliphatic carbocycles. The molecule has 1 aliphatic heterocycles. The fourth-order valence-electron chi connectivity index (χ4n) is 4.01. The number of hydrogen-bond donors (Lipinski definition) is 0. The van der Waals surface area contributed by atoms with Gasteiger partial charge in [0.25, 0.3) is 0 Å². The highest BCUT2D eigenvalue weighted by molar-refractivity contribution is 5.93. The van der Waals surface area contributed by atoms with Gasteiger partial charge in [0.05, 0.1) is 31.0 Å². The van der Waals surface area contributed by atoms with Gasteiger partial charge < -0.3 is 14.4 Å². The van der Waals surface area contributed by atoms with Gasteiger partial charge in [-0.1, -0.05) is 19.1 Å². The number of allylic oxidation sites excluding steroid dienone is 1. The molecular formula is C25H30N2O3. The molecular weight excluding hydrogens is 376 g/mol. The number of hydrogen-bond acceptors (Lipinski definition) is 5. The van der Waals surface area contributed by atoms with Gasteiger partial charge >= 0.3 is 5.97 Å². The fourth-order valence-corrected chi connectivity index (χ4v) is 4.01. The Hall–Kier alpha value is -3.08. The highest BCUT2D eigenvalue weighted by Crippen LogP contribution is 2.42. The molecule has 158 valence electrons. The molecule has 0 bridgehead atoms. The number of ether oxygens (including phenoxy) is 2. The molecule has 2 aromatic rings. The molecule has 1 heterocycles. The van der Waals surface area contributed by atoms with Crippen molar-refractivity contribution in [2.24, 2.45) is 4.99 Å². The number of nitrogens with zero attached hydrogens (tertiary/aromatic N) is 2. The second-order valence-corrected chi connectivity index (χ2v) is 8.04. The molecule has 5 nitrogen and oxygen atoms in total. The first kappa shape index (κ1) is 21.6. The molecule has 0 fully saturated rings. The number of fused-ring (bicyclic) bond motifs is 1. The van der Waals surface area contributed by atoms with Crippen LogP contribution in [0.15, 0.2) is 47.5 Å². The quantitative estimate of drug-likeness (QED) is 0.460. The van der Waals surface area contributed by atoms with Gasteiger partial charge in [0.2, 0.25) is 0 Å². The number of esters is 1. The van der Waals surface area contributed by atoms with Crippen molar-refractivity contribution in [2.75, 3.05) is 25.7 Å². The van der Waals surface area contributed by atoms with Crippen LogP contribution in [0.5, 0.6) is 5.75 Å². The summed E-state index contributed by atoms with van der Waals surface area (Å²) in [4.78, 5) is 18.8. The molecule has 0 saturated carbocycles. The summed E-state index contributed by atoms with van der Waals surface area (Å²) in [6.45, 7) is 9.80. The van der Waals surface area contributed by atoms with Crippen molar-refractivity contribution in [3.63, 3.8) is 0 Å². The van der Waals surface area contributed by atoms with Crippen molar-refractivity contribution in [3.8, 4) is 5.75 Å². The molecule has 0 aromatic heterocycles. The van der Waals surface area contributed by atoms with Crippen LogP contribution in [0.1, 0.15) is 55.6 Å². The van der Waals surface area contributed by atoms with E-state index in [9.17, 15) is 4.79 Å². The summed E-state index contributed by atoms with van der Waals surface area (Å²) in [5, 5.41) is 0. The van der Waals surface area contributed by atoms with Gasteiger partial charge in [-0.3, -0.25) is 4.99 Å². The van der Waals surface area contributed by atoms with E-state index in [1.807, 2.05) is 6.07 Å².